The molecule has 1 unspecified atom stereocenters. The van der Waals surface area contributed by atoms with Crippen LogP contribution in [0.25, 0.3) is 5.69 Å². The van der Waals surface area contributed by atoms with Crippen molar-refractivity contribution in [3.63, 3.8) is 0 Å². The highest BCUT2D eigenvalue weighted by atomic mass is 16.2. The summed E-state index contributed by atoms with van der Waals surface area (Å²) >= 11 is 0. The molecule has 1 aromatic heterocycles. The Balaban J connectivity index is 1.83. The van der Waals surface area contributed by atoms with E-state index in [2.05, 4.69) is 41.5 Å². The van der Waals surface area contributed by atoms with Gasteiger partial charge in [0, 0.05) is 30.7 Å². The Labute approximate surface area is 120 Å². The zero-order chi connectivity index (χ0) is 14.2. The van der Waals surface area contributed by atoms with Crippen molar-refractivity contribution >= 4 is 0 Å². The van der Waals surface area contributed by atoms with Crippen molar-refractivity contribution in [1.82, 2.24) is 14.9 Å². The van der Waals surface area contributed by atoms with E-state index in [1.807, 2.05) is 10.8 Å². The maximum absolute atomic E-state index is 8.73. The second kappa shape index (κ2) is 7.82. The number of benzene rings is 1. The van der Waals surface area contributed by atoms with Gasteiger partial charge < -0.3 is 15.0 Å². The number of imidazole rings is 1. The monoisotopic (exact) mass is 273 g/mol. The van der Waals surface area contributed by atoms with Crippen LogP contribution >= 0.6 is 0 Å². The molecule has 0 aliphatic carbocycles. The minimum Gasteiger partial charge on any atom is -0.396 e. The number of hydrogen-bond donors (Lipinski definition) is 2. The van der Waals surface area contributed by atoms with Crippen molar-refractivity contribution in [2.75, 3.05) is 13.2 Å². The number of aliphatic hydroxyl groups excluding tert-OH is 1. The lowest BCUT2D eigenvalue weighted by Gasteiger charge is -2.14. The summed E-state index contributed by atoms with van der Waals surface area (Å²) in [5.41, 5.74) is 2.41. The molecular formula is C16H23N3O. The first-order valence-corrected chi connectivity index (χ1v) is 7.24. The van der Waals surface area contributed by atoms with Gasteiger partial charge in [-0.2, -0.15) is 0 Å². The van der Waals surface area contributed by atoms with E-state index in [-0.39, 0.29) is 0 Å². The van der Waals surface area contributed by atoms with Gasteiger partial charge in [-0.05, 0) is 50.4 Å². The minimum absolute atomic E-state index is 0.297. The zero-order valence-electron chi connectivity index (χ0n) is 12.0. The molecule has 108 valence electrons. The van der Waals surface area contributed by atoms with Crippen molar-refractivity contribution in [3.8, 4) is 5.69 Å². The molecule has 0 saturated heterocycles. The molecule has 2 aromatic rings. The number of aliphatic hydroxyl groups is 1. The Bertz CT molecular complexity index is 479. The molecule has 2 N–H and O–H groups in total. The van der Waals surface area contributed by atoms with Crippen molar-refractivity contribution in [1.29, 1.82) is 0 Å². The fourth-order valence-electron chi connectivity index (χ4n) is 2.20. The molecule has 4 heteroatoms. The predicted octanol–water partition coefficient (Wildman–Crippen LogP) is 2.69. The highest BCUT2D eigenvalue weighted by Crippen LogP contribution is 2.15. The first-order chi connectivity index (χ1) is 9.81. The molecule has 1 heterocycles. The second-order valence-corrected chi connectivity index (χ2v) is 5.02. The Kier molecular flexibility index (Phi) is 5.77. The smallest absolute Gasteiger partial charge is 0.0991 e. The van der Waals surface area contributed by atoms with E-state index < -0.39 is 0 Å². The van der Waals surface area contributed by atoms with Crippen LogP contribution in [0.1, 0.15) is 37.8 Å². The van der Waals surface area contributed by atoms with Crippen LogP contribution in [0.3, 0.4) is 0 Å². The molecule has 0 radical (unpaired) electrons. The van der Waals surface area contributed by atoms with Gasteiger partial charge in [0.05, 0.1) is 6.33 Å². The highest BCUT2D eigenvalue weighted by Gasteiger charge is 2.04. The number of nitrogens with one attached hydrogen (secondary N) is 1. The predicted molar refractivity (Wildman–Crippen MR) is 80.9 cm³/mol. The van der Waals surface area contributed by atoms with Crippen LogP contribution in [0.5, 0.6) is 0 Å². The average molecular weight is 273 g/mol. The summed E-state index contributed by atoms with van der Waals surface area (Å²) in [4.78, 5) is 4.05. The Hall–Kier alpha value is -1.65. The van der Waals surface area contributed by atoms with Crippen LogP contribution in [0, 0.1) is 0 Å². The Morgan fingerprint density at radius 3 is 2.65 bits per heavy atom. The van der Waals surface area contributed by atoms with E-state index in [9.17, 15) is 0 Å². The Morgan fingerprint density at radius 2 is 2.00 bits per heavy atom. The van der Waals surface area contributed by atoms with E-state index in [1.54, 1.807) is 12.5 Å². The van der Waals surface area contributed by atoms with E-state index in [1.165, 1.54) is 5.56 Å². The van der Waals surface area contributed by atoms with Crippen molar-refractivity contribution in [3.05, 3.63) is 48.5 Å². The molecule has 20 heavy (non-hydrogen) atoms. The van der Waals surface area contributed by atoms with Crippen LogP contribution in [0.15, 0.2) is 43.0 Å². The summed E-state index contributed by atoms with van der Waals surface area (Å²) in [7, 11) is 0. The molecule has 2 rings (SSSR count). The number of rotatable bonds is 8. The summed E-state index contributed by atoms with van der Waals surface area (Å²) in [5, 5.41) is 12.2. The normalized spacial score (nSPS) is 12.5. The Morgan fingerprint density at radius 1 is 1.20 bits per heavy atom. The molecule has 0 amide bonds. The summed E-state index contributed by atoms with van der Waals surface area (Å²) in [6.07, 6.45) is 8.61. The number of hydrogen-bond acceptors (Lipinski definition) is 3. The van der Waals surface area contributed by atoms with E-state index in [0.717, 1.165) is 31.5 Å². The standard InChI is InChI=1S/C16H23N3O/c1-14(18-9-3-2-4-12-20)15-5-7-16(8-6-15)19-11-10-17-13-19/h5-8,10-11,13-14,18,20H,2-4,9,12H2,1H3. The summed E-state index contributed by atoms with van der Waals surface area (Å²) in [6.45, 7) is 3.47. The van der Waals surface area contributed by atoms with Crippen molar-refractivity contribution in [2.24, 2.45) is 0 Å². The lowest BCUT2D eigenvalue weighted by molar-refractivity contribution is 0.282. The number of nitrogens with zero attached hydrogens (tertiary/aromatic N) is 2. The average Bonchev–Trinajstić information content (AvgIpc) is 3.01. The molecule has 1 aromatic carbocycles. The van der Waals surface area contributed by atoms with Crippen LogP contribution in [-0.2, 0) is 0 Å². The van der Waals surface area contributed by atoms with Crippen LogP contribution in [0.4, 0.5) is 0 Å². The summed E-state index contributed by atoms with van der Waals surface area (Å²) in [6, 6.07) is 8.88. The number of aromatic nitrogens is 2. The van der Waals surface area contributed by atoms with Crippen molar-refractivity contribution < 1.29 is 5.11 Å². The lowest BCUT2D eigenvalue weighted by atomic mass is 10.1. The van der Waals surface area contributed by atoms with Gasteiger partial charge in [0.15, 0.2) is 0 Å². The molecule has 0 aliphatic rings. The molecule has 0 aliphatic heterocycles. The third-order valence-corrected chi connectivity index (χ3v) is 3.48. The quantitative estimate of drug-likeness (QED) is 0.727. The summed E-state index contributed by atoms with van der Waals surface area (Å²) in [5.74, 6) is 0. The maximum Gasteiger partial charge on any atom is 0.0991 e. The van der Waals surface area contributed by atoms with Crippen LogP contribution in [-0.4, -0.2) is 27.8 Å². The first-order valence-electron chi connectivity index (χ1n) is 7.24. The molecule has 4 nitrogen and oxygen atoms in total. The molecular weight excluding hydrogens is 250 g/mol. The van der Waals surface area contributed by atoms with Gasteiger partial charge in [-0.25, -0.2) is 4.98 Å². The number of unbranched alkanes of at least 4 members (excludes halogenated alkanes) is 2. The third-order valence-electron chi connectivity index (χ3n) is 3.48. The van der Waals surface area contributed by atoms with E-state index in [4.69, 9.17) is 5.11 Å². The van der Waals surface area contributed by atoms with E-state index in [0.29, 0.717) is 12.6 Å². The minimum atomic E-state index is 0.297. The zero-order valence-corrected chi connectivity index (χ0v) is 12.0. The maximum atomic E-state index is 8.73. The topological polar surface area (TPSA) is 50.1 Å². The molecule has 0 bridgehead atoms. The SMILES string of the molecule is CC(NCCCCCO)c1ccc(-n2ccnc2)cc1. The fourth-order valence-corrected chi connectivity index (χ4v) is 2.20. The van der Waals surface area contributed by atoms with Crippen molar-refractivity contribution in [2.45, 2.75) is 32.2 Å². The molecule has 0 spiro atoms. The second-order valence-electron chi connectivity index (χ2n) is 5.02. The van der Waals surface area contributed by atoms with E-state index >= 15 is 0 Å². The lowest BCUT2D eigenvalue weighted by Crippen LogP contribution is -2.19. The van der Waals surface area contributed by atoms with Gasteiger partial charge in [-0.1, -0.05) is 12.1 Å². The summed E-state index contributed by atoms with van der Waals surface area (Å²) < 4.78 is 2.00. The van der Waals surface area contributed by atoms with Gasteiger partial charge >= 0.3 is 0 Å². The van der Waals surface area contributed by atoms with Gasteiger partial charge in [-0.3, -0.25) is 0 Å². The molecule has 1 atom stereocenters. The molecule has 0 saturated carbocycles. The van der Waals surface area contributed by atoms with Gasteiger partial charge in [0.2, 0.25) is 0 Å². The third kappa shape index (κ3) is 4.18. The van der Waals surface area contributed by atoms with Crippen LogP contribution in [0.2, 0.25) is 0 Å². The fraction of sp³-hybridized carbons (Fsp3) is 0.438. The first kappa shape index (κ1) is 14.8. The largest absolute Gasteiger partial charge is 0.396 e. The van der Waals surface area contributed by atoms with Gasteiger partial charge in [0.1, 0.15) is 0 Å². The van der Waals surface area contributed by atoms with Gasteiger partial charge in [-0.15, -0.1) is 0 Å². The van der Waals surface area contributed by atoms with Crippen LogP contribution < -0.4 is 5.32 Å². The highest BCUT2D eigenvalue weighted by molar-refractivity contribution is 5.35. The van der Waals surface area contributed by atoms with Gasteiger partial charge in [0.25, 0.3) is 0 Å². The molecule has 0 fully saturated rings.